The smallest absolute Gasteiger partial charge is 0.194 e. The highest BCUT2D eigenvalue weighted by atomic mass is 32.1. The van der Waals surface area contributed by atoms with Gasteiger partial charge in [-0.3, -0.25) is 0 Å². The Morgan fingerprint density at radius 2 is 1.76 bits per heavy atom. The molecule has 0 aliphatic carbocycles. The van der Waals surface area contributed by atoms with Gasteiger partial charge in [0.15, 0.2) is 17.5 Å². The molecule has 0 saturated carbocycles. The second kappa shape index (κ2) is 5.33. The van der Waals surface area contributed by atoms with Gasteiger partial charge >= 0.3 is 0 Å². The molecule has 0 fully saturated rings. The minimum Gasteiger partial charge on any atom is -0.308 e. The number of halogens is 3. The summed E-state index contributed by atoms with van der Waals surface area (Å²) in [6, 6.07) is 5.89. The third kappa shape index (κ3) is 3.08. The summed E-state index contributed by atoms with van der Waals surface area (Å²) >= 11 is 1.60. The molecule has 5 heteroatoms. The van der Waals surface area contributed by atoms with Crippen molar-refractivity contribution in [2.75, 3.05) is 0 Å². The van der Waals surface area contributed by atoms with Crippen LogP contribution >= 0.6 is 11.3 Å². The van der Waals surface area contributed by atoms with Crippen molar-refractivity contribution in [1.29, 1.82) is 0 Å². The van der Waals surface area contributed by atoms with Crippen molar-refractivity contribution in [2.45, 2.75) is 13.1 Å². The third-order valence-corrected chi connectivity index (χ3v) is 3.13. The van der Waals surface area contributed by atoms with Gasteiger partial charge < -0.3 is 5.32 Å². The minimum absolute atomic E-state index is 0.298. The minimum atomic E-state index is -1.42. The van der Waals surface area contributed by atoms with Gasteiger partial charge in [-0.2, -0.15) is 0 Å². The highest BCUT2D eigenvalue weighted by Gasteiger charge is 2.09. The fraction of sp³-hybridized carbons (Fsp3) is 0.167. The zero-order valence-electron chi connectivity index (χ0n) is 8.84. The fourth-order valence-corrected chi connectivity index (χ4v) is 2.13. The maximum absolute atomic E-state index is 12.9. The van der Waals surface area contributed by atoms with Crippen LogP contribution in [0.4, 0.5) is 13.2 Å². The van der Waals surface area contributed by atoms with Crippen molar-refractivity contribution in [1.82, 2.24) is 5.32 Å². The molecule has 1 N–H and O–H groups in total. The van der Waals surface area contributed by atoms with Gasteiger partial charge in [0.1, 0.15) is 0 Å². The van der Waals surface area contributed by atoms with Crippen molar-refractivity contribution >= 4 is 11.3 Å². The second-order valence-electron chi connectivity index (χ2n) is 3.56. The van der Waals surface area contributed by atoms with E-state index in [9.17, 15) is 13.2 Å². The van der Waals surface area contributed by atoms with Crippen molar-refractivity contribution in [3.8, 4) is 0 Å². The van der Waals surface area contributed by atoms with Crippen molar-refractivity contribution in [3.05, 3.63) is 57.5 Å². The summed E-state index contributed by atoms with van der Waals surface area (Å²) < 4.78 is 38.5. The van der Waals surface area contributed by atoms with Gasteiger partial charge in [0.25, 0.3) is 0 Å². The molecule has 0 unspecified atom stereocenters. The predicted molar refractivity (Wildman–Crippen MR) is 61.2 cm³/mol. The third-order valence-electron chi connectivity index (χ3n) is 2.25. The van der Waals surface area contributed by atoms with E-state index in [1.807, 2.05) is 17.5 Å². The van der Waals surface area contributed by atoms with E-state index < -0.39 is 17.5 Å². The van der Waals surface area contributed by atoms with Crippen LogP contribution in [0.3, 0.4) is 0 Å². The summed E-state index contributed by atoms with van der Waals surface area (Å²) in [6.45, 7) is 0.921. The van der Waals surface area contributed by atoms with Crippen molar-refractivity contribution < 1.29 is 13.2 Å². The molecule has 2 aromatic rings. The molecular formula is C12H10F3NS. The highest BCUT2D eigenvalue weighted by Crippen LogP contribution is 2.14. The maximum Gasteiger partial charge on any atom is 0.194 e. The summed E-state index contributed by atoms with van der Waals surface area (Å²) in [5.41, 5.74) is 0.387. The molecule has 90 valence electrons. The summed E-state index contributed by atoms with van der Waals surface area (Å²) in [7, 11) is 0. The summed E-state index contributed by atoms with van der Waals surface area (Å²) in [4.78, 5) is 1.13. The van der Waals surface area contributed by atoms with Gasteiger partial charge in [-0.1, -0.05) is 6.07 Å². The van der Waals surface area contributed by atoms with Gasteiger partial charge in [-0.15, -0.1) is 11.3 Å². The topological polar surface area (TPSA) is 12.0 Å². The van der Waals surface area contributed by atoms with Crippen LogP contribution in [-0.4, -0.2) is 0 Å². The van der Waals surface area contributed by atoms with E-state index in [1.54, 1.807) is 11.3 Å². The average Bonchev–Trinajstić information content (AvgIpc) is 2.79. The van der Waals surface area contributed by atoms with E-state index in [2.05, 4.69) is 5.32 Å². The molecule has 1 nitrogen and oxygen atoms in total. The van der Waals surface area contributed by atoms with E-state index in [-0.39, 0.29) is 0 Å². The Labute approximate surface area is 101 Å². The number of hydrogen-bond donors (Lipinski definition) is 1. The van der Waals surface area contributed by atoms with Crippen molar-refractivity contribution in [3.63, 3.8) is 0 Å². The molecule has 0 aliphatic rings. The number of thiophene rings is 1. The molecule has 0 radical (unpaired) electrons. The molecule has 0 saturated heterocycles. The number of benzene rings is 1. The number of rotatable bonds is 4. The van der Waals surface area contributed by atoms with Crippen LogP contribution in [0.5, 0.6) is 0 Å². The predicted octanol–water partition coefficient (Wildman–Crippen LogP) is 3.46. The molecule has 17 heavy (non-hydrogen) atoms. The molecule has 0 atom stereocenters. The Morgan fingerprint density at radius 1 is 1.06 bits per heavy atom. The lowest BCUT2D eigenvalue weighted by molar-refractivity contribution is 0.444. The van der Waals surface area contributed by atoms with Gasteiger partial charge in [0.05, 0.1) is 0 Å². The maximum atomic E-state index is 12.9. The fourth-order valence-electron chi connectivity index (χ4n) is 1.45. The summed E-state index contributed by atoms with van der Waals surface area (Å²) in [5.74, 6) is -3.73. The van der Waals surface area contributed by atoms with Crippen LogP contribution in [0, 0.1) is 17.5 Å². The normalized spacial score (nSPS) is 10.8. The second-order valence-corrected chi connectivity index (χ2v) is 4.59. The molecule has 0 amide bonds. The number of nitrogens with one attached hydrogen (secondary N) is 1. The molecule has 1 aromatic carbocycles. The Balaban J connectivity index is 1.95. The lowest BCUT2D eigenvalue weighted by Gasteiger charge is -2.04. The Morgan fingerprint density at radius 3 is 2.35 bits per heavy atom. The molecular weight excluding hydrogens is 247 g/mol. The van der Waals surface area contributed by atoms with E-state index in [1.165, 1.54) is 0 Å². The first-order valence-corrected chi connectivity index (χ1v) is 5.91. The Bertz CT molecular complexity index is 473. The molecule has 1 heterocycles. The monoisotopic (exact) mass is 257 g/mol. The van der Waals surface area contributed by atoms with Gasteiger partial charge in [-0.05, 0) is 29.1 Å². The van der Waals surface area contributed by atoms with Crippen LogP contribution in [-0.2, 0) is 13.1 Å². The number of hydrogen-bond acceptors (Lipinski definition) is 2. The van der Waals surface area contributed by atoms with E-state index in [4.69, 9.17) is 0 Å². The van der Waals surface area contributed by atoms with Crippen LogP contribution < -0.4 is 5.32 Å². The van der Waals surface area contributed by atoms with Crippen molar-refractivity contribution in [2.24, 2.45) is 0 Å². The molecule has 0 spiro atoms. The first-order valence-electron chi connectivity index (χ1n) is 5.03. The quantitative estimate of drug-likeness (QED) is 0.827. The van der Waals surface area contributed by atoms with Gasteiger partial charge in [-0.25, -0.2) is 13.2 Å². The zero-order valence-corrected chi connectivity index (χ0v) is 9.66. The Hall–Kier alpha value is -1.33. The Kier molecular flexibility index (Phi) is 3.81. The molecule has 0 bridgehead atoms. The molecule has 0 aliphatic heterocycles. The SMILES string of the molecule is Fc1cc(CNCc2cccs2)cc(F)c1F. The average molecular weight is 257 g/mol. The summed E-state index contributed by atoms with van der Waals surface area (Å²) in [5, 5.41) is 4.99. The lowest BCUT2D eigenvalue weighted by atomic mass is 10.2. The zero-order chi connectivity index (χ0) is 12.3. The van der Waals surface area contributed by atoms with E-state index in [0.717, 1.165) is 17.0 Å². The van der Waals surface area contributed by atoms with Crippen LogP contribution in [0.25, 0.3) is 0 Å². The first kappa shape index (κ1) is 12.1. The lowest BCUT2D eigenvalue weighted by Crippen LogP contribution is -2.12. The molecule has 1 aromatic heterocycles. The van der Waals surface area contributed by atoms with Crippen LogP contribution in [0.2, 0.25) is 0 Å². The van der Waals surface area contributed by atoms with E-state index >= 15 is 0 Å². The van der Waals surface area contributed by atoms with Crippen LogP contribution in [0.15, 0.2) is 29.6 Å². The van der Waals surface area contributed by atoms with Gasteiger partial charge in [0.2, 0.25) is 0 Å². The highest BCUT2D eigenvalue weighted by molar-refractivity contribution is 7.09. The van der Waals surface area contributed by atoms with E-state index in [0.29, 0.717) is 18.7 Å². The van der Waals surface area contributed by atoms with Crippen LogP contribution in [0.1, 0.15) is 10.4 Å². The van der Waals surface area contributed by atoms with Gasteiger partial charge in [0, 0.05) is 18.0 Å². The largest absolute Gasteiger partial charge is 0.308 e. The molecule has 2 rings (SSSR count). The standard InChI is InChI=1S/C12H10F3NS/c13-10-4-8(5-11(14)12(10)15)6-16-7-9-2-1-3-17-9/h1-5,16H,6-7H2. The summed E-state index contributed by atoms with van der Waals surface area (Å²) in [6.07, 6.45) is 0. The first-order chi connectivity index (χ1) is 8.16.